The van der Waals surface area contributed by atoms with Gasteiger partial charge in [0.1, 0.15) is 6.10 Å². The van der Waals surface area contributed by atoms with Gasteiger partial charge >= 0.3 is 5.97 Å². The molecule has 0 aromatic carbocycles. The van der Waals surface area contributed by atoms with Gasteiger partial charge in [-0.3, -0.25) is 0 Å². The number of aliphatic hydroxyl groups excluding tert-OH is 1. The van der Waals surface area contributed by atoms with Crippen LogP contribution in [0.2, 0.25) is 0 Å². The number of hydrogen-bond acceptors (Lipinski definition) is 5. The van der Waals surface area contributed by atoms with Gasteiger partial charge in [-0.1, -0.05) is 25.2 Å². The molecule has 1 aliphatic heterocycles. The summed E-state index contributed by atoms with van der Waals surface area (Å²) in [5, 5.41) is 20.5. The second-order valence-corrected chi connectivity index (χ2v) is 6.41. The number of ether oxygens (including phenoxy) is 2. The lowest BCUT2D eigenvalue weighted by Gasteiger charge is -2.23. The predicted octanol–water partition coefficient (Wildman–Crippen LogP) is 2.14. The van der Waals surface area contributed by atoms with Crippen LogP contribution in [0.5, 0.6) is 0 Å². The third-order valence-electron chi connectivity index (χ3n) is 4.04. The van der Waals surface area contributed by atoms with Crippen LogP contribution in [-0.2, 0) is 14.3 Å². The smallest absolute Gasteiger partial charge is 0.330 e. The van der Waals surface area contributed by atoms with Crippen molar-refractivity contribution in [1.82, 2.24) is 0 Å². The minimum absolute atomic E-state index is 0.00797. The lowest BCUT2D eigenvalue weighted by molar-refractivity contribution is -0.144. The molecular weight excluding hydrogens is 296 g/mol. The van der Waals surface area contributed by atoms with Gasteiger partial charge in [-0.2, -0.15) is 0 Å². The van der Waals surface area contributed by atoms with Gasteiger partial charge in [0.2, 0.25) is 0 Å². The summed E-state index contributed by atoms with van der Waals surface area (Å²) >= 11 is 0. The molecule has 5 nitrogen and oxygen atoms in total. The maximum absolute atomic E-state index is 11.8. The van der Waals surface area contributed by atoms with Crippen LogP contribution in [0.15, 0.2) is 36.0 Å². The van der Waals surface area contributed by atoms with Crippen molar-refractivity contribution in [3.8, 4) is 0 Å². The van der Waals surface area contributed by atoms with Crippen LogP contribution in [0.4, 0.5) is 0 Å². The second-order valence-electron chi connectivity index (χ2n) is 6.41. The highest BCUT2D eigenvalue weighted by molar-refractivity contribution is 5.82. The maximum Gasteiger partial charge on any atom is 0.330 e. The van der Waals surface area contributed by atoms with E-state index in [1.807, 2.05) is 13.8 Å². The first kappa shape index (κ1) is 19.6. The van der Waals surface area contributed by atoms with Gasteiger partial charge in [-0.05, 0) is 44.8 Å². The van der Waals surface area contributed by atoms with Crippen LogP contribution >= 0.6 is 0 Å². The summed E-state index contributed by atoms with van der Waals surface area (Å²) in [7, 11) is 1.56. The zero-order valence-corrected chi connectivity index (χ0v) is 14.5. The van der Waals surface area contributed by atoms with Crippen molar-refractivity contribution in [1.29, 1.82) is 0 Å². The molecule has 5 atom stereocenters. The molecule has 0 radical (unpaired) electrons. The van der Waals surface area contributed by atoms with Crippen LogP contribution in [0, 0.1) is 5.92 Å². The van der Waals surface area contributed by atoms with Gasteiger partial charge in [0.05, 0.1) is 17.8 Å². The molecule has 0 aromatic heterocycles. The third-order valence-corrected chi connectivity index (χ3v) is 4.04. The molecule has 23 heavy (non-hydrogen) atoms. The van der Waals surface area contributed by atoms with Gasteiger partial charge < -0.3 is 19.7 Å². The molecule has 2 N–H and O–H groups in total. The fourth-order valence-electron chi connectivity index (χ4n) is 2.37. The van der Waals surface area contributed by atoms with E-state index >= 15 is 0 Å². The molecule has 5 unspecified atom stereocenters. The van der Waals surface area contributed by atoms with Crippen LogP contribution in [0.25, 0.3) is 0 Å². The van der Waals surface area contributed by atoms with Crippen molar-refractivity contribution in [2.75, 3.05) is 7.11 Å². The van der Waals surface area contributed by atoms with E-state index in [-0.39, 0.29) is 18.1 Å². The Labute approximate surface area is 138 Å². The Balaban J connectivity index is 3.14. The van der Waals surface area contributed by atoms with E-state index in [9.17, 15) is 15.0 Å². The number of carbonyl (C=O) groups is 1. The van der Waals surface area contributed by atoms with E-state index in [4.69, 9.17) is 9.47 Å². The molecule has 0 amide bonds. The number of cyclic esters (lactones) is 1. The highest BCUT2D eigenvalue weighted by Crippen LogP contribution is 2.19. The number of carbonyl (C=O) groups excluding carboxylic acids is 1. The normalized spacial score (nSPS) is 37.0. The Hall–Kier alpha value is -1.43. The molecule has 130 valence electrons. The Kier molecular flexibility index (Phi) is 7.19. The van der Waals surface area contributed by atoms with Crippen molar-refractivity contribution >= 4 is 5.97 Å². The highest BCUT2D eigenvalue weighted by Gasteiger charge is 2.21. The van der Waals surface area contributed by atoms with Gasteiger partial charge in [0.15, 0.2) is 0 Å². The van der Waals surface area contributed by atoms with Crippen molar-refractivity contribution in [3.63, 3.8) is 0 Å². The molecule has 1 aliphatic rings. The first-order chi connectivity index (χ1) is 10.6. The maximum atomic E-state index is 11.8. The molecule has 5 heteroatoms. The van der Waals surface area contributed by atoms with Crippen molar-refractivity contribution in [2.24, 2.45) is 5.92 Å². The predicted molar refractivity (Wildman–Crippen MR) is 88.8 cm³/mol. The van der Waals surface area contributed by atoms with E-state index in [1.54, 1.807) is 39.2 Å². The third kappa shape index (κ3) is 6.69. The van der Waals surface area contributed by atoms with Crippen LogP contribution in [-0.4, -0.2) is 47.2 Å². The van der Waals surface area contributed by atoms with Crippen molar-refractivity contribution in [2.45, 2.75) is 58.0 Å². The summed E-state index contributed by atoms with van der Waals surface area (Å²) in [4.78, 5) is 11.8. The van der Waals surface area contributed by atoms with Gasteiger partial charge in [-0.25, -0.2) is 4.79 Å². The van der Waals surface area contributed by atoms with E-state index in [1.165, 1.54) is 12.2 Å². The summed E-state index contributed by atoms with van der Waals surface area (Å²) in [6.07, 6.45) is 6.72. The standard InChI is InChI=1S/C18H28O5/c1-12-10-15(19)11-13(2)16(22-5)6-8-18(4,21)9-7-17(20)23-14(12)3/h6-9,11-12,14-16,19,21H,10H2,1-5H3. The summed E-state index contributed by atoms with van der Waals surface area (Å²) in [6, 6.07) is 0. The lowest BCUT2D eigenvalue weighted by Crippen LogP contribution is -2.26. The topological polar surface area (TPSA) is 76.0 Å². The zero-order chi connectivity index (χ0) is 17.6. The van der Waals surface area contributed by atoms with Gasteiger partial charge in [-0.15, -0.1) is 0 Å². The lowest BCUT2D eigenvalue weighted by atomic mass is 9.96. The quantitative estimate of drug-likeness (QED) is 0.571. The SMILES string of the molecule is COC1C=CC(C)(O)C=CC(=O)OC(C)C(C)CC(O)C=C1C. The fourth-order valence-corrected chi connectivity index (χ4v) is 2.37. The molecule has 1 heterocycles. The number of hydrogen-bond donors (Lipinski definition) is 2. The molecule has 0 fully saturated rings. The second kappa shape index (κ2) is 8.43. The molecule has 0 saturated heterocycles. The molecule has 0 aliphatic carbocycles. The number of esters is 1. The number of methoxy groups -OCH3 is 1. The van der Waals surface area contributed by atoms with E-state index in [0.717, 1.165) is 5.57 Å². The van der Waals surface area contributed by atoms with Gasteiger partial charge in [0.25, 0.3) is 0 Å². The van der Waals surface area contributed by atoms with Gasteiger partial charge in [0, 0.05) is 13.2 Å². The van der Waals surface area contributed by atoms with E-state index in [2.05, 4.69) is 0 Å². The number of rotatable bonds is 1. The monoisotopic (exact) mass is 324 g/mol. The van der Waals surface area contributed by atoms with E-state index in [0.29, 0.717) is 6.42 Å². The Morgan fingerprint density at radius 1 is 1.35 bits per heavy atom. The molecule has 0 bridgehead atoms. The first-order valence-electron chi connectivity index (χ1n) is 7.85. The summed E-state index contributed by atoms with van der Waals surface area (Å²) in [6.45, 7) is 7.14. The van der Waals surface area contributed by atoms with Crippen molar-refractivity contribution in [3.05, 3.63) is 36.0 Å². The Bertz CT molecular complexity index is 490. The molecule has 0 saturated carbocycles. The Morgan fingerprint density at radius 2 is 2.00 bits per heavy atom. The molecule has 0 spiro atoms. The summed E-state index contributed by atoms with van der Waals surface area (Å²) < 4.78 is 10.7. The van der Waals surface area contributed by atoms with E-state index < -0.39 is 17.7 Å². The first-order valence-corrected chi connectivity index (χ1v) is 7.85. The molecule has 0 aromatic rings. The summed E-state index contributed by atoms with van der Waals surface area (Å²) in [5.74, 6) is -0.522. The van der Waals surface area contributed by atoms with Crippen LogP contribution in [0.3, 0.4) is 0 Å². The highest BCUT2D eigenvalue weighted by atomic mass is 16.5. The largest absolute Gasteiger partial charge is 0.459 e. The minimum atomic E-state index is -1.30. The summed E-state index contributed by atoms with van der Waals surface area (Å²) in [5.41, 5.74) is -0.446. The number of aliphatic hydroxyl groups is 2. The average Bonchev–Trinajstić information content (AvgIpc) is 2.44. The Morgan fingerprint density at radius 3 is 2.61 bits per heavy atom. The van der Waals surface area contributed by atoms with Crippen LogP contribution in [0.1, 0.15) is 34.1 Å². The minimum Gasteiger partial charge on any atom is -0.459 e. The van der Waals surface area contributed by atoms with Crippen molar-refractivity contribution < 1.29 is 24.5 Å². The average molecular weight is 324 g/mol. The van der Waals surface area contributed by atoms with Crippen LogP contribution < -0.4 is 0 Å². The zero-order valence-electron chi connectivity index (χ0n) is 14.5. The molecule has 1 rings (SSSR count). The fraction of sp³-hybridized carbons (Fsp3) is 0.611. The molecular formula is C18H28O5.